The molecule has 1 aliphatic heterocycles. The number of hydrogen-bond donors (Lipinski definition) is 0. The number of rotatable bonds is 7. The minimum Gasteiger partial charge on any atom is -0.488 e. The van der Waals surface area contributed by atoms with Crippen molar-refractivity contribution in [3.05, 3.63) is 93.0 Å². The average Bonchev–Trinajstić information content (AvgIpc) is 3.06. The highest BCUT2D eigenvalue weighted by atomic mass is 35.5. The number of fused-ring (bicyclic) bond motifs is 1. The summed E-state index contributed by atoms with van der Waals surface area (Å²) in [5.74, 6) is -1.31. The molecular formula is C25H19Cl2NO5. The molecule has 3 aromatic rings. The van der Waals surface area contributed by atoms with Crippen LogP contribution in [0.5, 0.6) is 5.75 Å². The normalized spacial score (nSPS) is 12.6. The van der Waals surface area contributed by atoms with Gasteiger partial charge in [-0.3, -0.25) is 14.4 Å². The summed E-state index contributed by atoms with van der Waals surface area (Å²) in [6.45, 7) is 2.22. The summed E-state index contributed by atoms with van der Waals surface area (Å²) in [5, 5.41) is 0.294. The van der Waals surface area contributed by atoms with E-state index in [0.29, 0.717) is 5.56 Å². The Balaban J connectivity index is 1.64. The van der Waals surface area contributed by atoms with Gasteiger partial charge in [-0.1, -0.05) is 59.6 Å². The minimum atomic E-state index is -0.592. The predicted molar refractivity (Wildman–Crippen MR) is 125 cm³/mol. The maximum absolute atomic E-state index is 13.3. The number of amides is 2. The molecule has 0 saturated heterocycles. The van der Waals surface area contributed by atoms with Crippen molar-refractivity contribution in [1.29, 1.82) is 0 Å². The van der Waals surface area contributed by atoms with Crippen LogP contribution in [0.15, 0.2) is 60.7 Å². The van der Waals surface area contributed by atoms with Crippen molar-refractivity contribution in [1.82, 2.24) is 0 Å². The van der Waals surface area contributed by atoms with Crippen LogP contribution in [0.1, 0.15) is 38.8 Å². The number of carbonyl (C=O) groups excluding carboxylic acids is 3. The van der Waals surface area contributed by atoms with Crippen molar-refractivity contribution in [3.63, 3.8) is 0 Å². The molecule has 1 aliphatic rings. The molecule has 0 unspecified atom stereocenters. The zero-order chi connectivity index (χ0) is 23.5. The number of ether oxygens (including phenoxy) is 2. The molecule has 3 aromatic carbocycles. The molecule has 0 N–H and O–H groups in total. The Morgan fingerprint density at radius 2 is 1.61 bits per heavy atom. The molecule has 0 atom stereocenters. The fourth-order valence-electron chi connectivity index (χ4n) is 3.59. The number of anilines is 1. The largest absolute Gasteiger partial charge is 0.488 e. The van der Waals surface area contributed by atoms with E-state index in [4.69, 9.17) is 32.7 Å². The Kier molecular flexibility index (Phi) is 6.67. The molecule has 1 heterocycles. The van der Waals surface area contributed by atoms with Crippen LogP contribution < -0.4 is 9.64 Å². The van der Waals surface area contributed by atoms with Gasteiger partial charge in [-0.2, -0.15) is 0 Å². The molecule has 0 aliphatic carbocycles. The monoisotopic (exact) mass is 483 g/mol. The lowest BCUT2D eigenvalue weighted by molar-refractivity contribution is -0.142. The first-order chi connectivity index (χ1) is 15.9. The van der Waals surface area contributed by atoms with E-state index in [1.54, 1.807) is 19.1 Å². The number of imide groups is 1. The first-order valence-corrected chi connectivity index (χ1v) is 11.0. The lowest BCUT2D eigenvalue weighted by Gasteiger charge is -2.16. The van der Waals surface area contributed by atoms with Gasteiger partial charge in [-0.25, -0.2) is 4.90 Å². The molecule has 33 heavy (non-hydrogen) atoms. The van der Waals surface area contributed by atoms with Crippen molar-refractivity contribution in [2.75, 3.05) is 11.5 Å². The Morgan fingerprint density at radius 1 is 0.879 bits per heavy atom. The van der Waals surface area contributed by atoms with E-state index < -0.39 is 17.8 Å². The summed E-state index contributed by atoms with van der Waals surface area (Å²) < 4.78 is 10.8. The third-order valence-electron chi connectivity index (χ3n) is 5.09. The molecule has 0 aromatic heterocycles. The van der Waals surface area contributed by atoms with E-state index in [9.17, 15) is 14.4 Å². The van der Waals surface area contributed by atoms with Crippen molar-refractivity contribution < 1.29 is 23.9 Å². The molecule has 2 amide bonds. The van der Waals surface area contributed by atoms with Crippen molar-refractivity contribution in [2.24, 2.45) is 0 Å². The van der Waals surface area contributed by atoms with Gasteiger partial charge in [0.2, 0.25) is 0 Å². The van der Waals surface area contributed by atoms with E-state index in [-0.39, 0.29) is 52.2 Å². The fraction of sp³-hybridized carbons (Fsp3) is 0.160. The molecule has 168 valence electrons. The van der Waals surface area contributed by atoms with Crippen LogP contribution in [0.3, 0.4) is 0 Å². The molecule has 6 nitrogen and oxygen atoms in total. The van der Waals surface area contributed by atoms with Crippen LogP contribution in [-0.2, 0) is 22.6 Å². The number of halogens is 2. The van der Waals surface area contributed by atoms with E-state index in [1.807, 2.05) is 30.3 Å². The topological polar surface area (TPSA) is 72.9 Å². The van der Waals surface area contributed by atoms with Crippen LogP contribution in [0.2, 0.25) is 10.0 Å². The summed E-state index contributed by atoms with van der Waals surface area (Å²) in [6, 6.07) is 17.2. The van der Waals surface area contributed by atoms with Gasteiger partial charge < -0.3 is 9.47 Å². The van der Waals surface area contributed by atoms with E-state index in [0.717, 1.165) is 10.5 Å². The summed E-state index contributed by atoms with van der Waals surface area (Å²) in [4.78, 5) is 39.2. The summed E-state index contributed by atoms with van der Waals surface area (Å²) in [7, 11) is 0. The molecule has 0 spiro atoms. The number of hydrogen-bond acceptors (Lipinski definition) is 5. The van der Waals surface area contributed by atoms with Crippen molar-refractivity contribution in [3.8, 4) is 5.75 Å². The van der Waals surface area contributed by atoms with Gasteiger partial charge in [0, 0.05) is 0 Å². The van der Waals surface area contributed by atoms with Crippen LogP contribution in [0, 0.1) is 0 Å². The molecule has 4 rings (SSSR count). The quantitative estimate of drug-likeness (QED) is 0.328. The van der Waals surface area contributed by atoms with Gasteiger partial charge in [0.05, 0.1) is 39.9 Å². The second-order valence-corrected chi connectivity index (χ2v) is 8.10. The summed E-state index contributed by atoms with van der Waals surface area (Å²) in [5.41, 5.74) is 1.87. The highest BCUT2D eigenvalue weighted by molar-refractivity contribution is 6.44. The van der Waals surface area contributed by atoms with Crippen LogP contribution >= 0.6 is 23.2 Å². The van der Waals surface area contributed by atoms with Gasteiger partial charge in [-0.15, -0.1) is 0 Å². The Morgan fingerprint density at radius 3 is 2.30 bits per heavy atom. The molecule has 0 radical (unpaired) electrons. The maximum atomic E-state index is 13.3. The predicted octanol–water partition coefficient (Wildman–Crippen LogP) is 5.48. The lowest BCUT2D eigenvalue weighted by Crippen LogP contribution is -2.29. The Hall–Kier alpha value is -3.35. The standard InChI is InChI=1S/C25H19Cl2NO5/c1-2-32-21(29)13-16-8-10-19(18(27)12-16)28-24(30)22-17(26)9-11-20(23(22)25(28)31)33-14-15-6-4-3-5-7-15/h3-12H,2,13-14H2,1H3. The number of nitrogens with zero attached hydrogens (tertiary/aromatic N) is 1. The third kappa shape index (κ3) is 4.58. The van der Waals surface area contributed by atoms with Crippen molar-refractivity contribution >= 4 is 46.7 Å². The summed E-state index contributed by atoms with van der Waals surface area (Å²) in [6.07, 6.45) is 0.0270. The summed E-state index contributed by atoms with van der Waals surface area (Å²) >= 11 is 12.7. The van der Waals surface area contributed by atoms with E-state index in [1.165, 1.54) is 18.2 Å². The first-order valence-electron chi connectivity index (χ1n) is 10.2. The smallest absolute Gasteiger partial charge is 0.310 e. The highest BCUT2D eigenvalue weighted by Gasteiger charge is 2.41. The zero-order valence-corrected chi connectivity index (χ0v) is 19.2. The highest BCUT2D eigenvalue weighted by Crippen LogP contribution is 2.40. The second kappa shape index (κ2) is 9.65. The minimum absolute atomic E-state index is 0.0270. The van der Waals surface area contributed by atoms with Gasteiger partial charge in [0.1, 0.15) is 12.4 Å². The second-order valence-electron chi connectivity index (χ2n) is 7.28. The molecule has 0 saturated carbocycles. The van der Waals surface area contributed by atoms with Gasteiger partial charge in [0.15, 0.2) is 0 Å². The zero-order valence-electron chi connectivity index (χ0n) is 17.6. The fourth-order valence-corrected chi connectivity index (χ4v) is 4.12. The van der Waals surface area contributed by atoms with Crippen LogP contribution in [0.4, 0.5) is 5.69 Å². The number of benzene rings is 3. The van der Waals surface area contributed by atoms with Crippen molar-refractivity contribution in [2.45, 2.75) is 20.0 Å². The number of esters is 1. The molecule has 0 bridgehead atoms. The molecule has 8 heteroatoms. The SMILES string of the molecule is CCOC(=O)Cc1ccc(N2C(=O)c3c(Cl)ccc(OCc4ccccc4)c3C2=O)c(Cl)c1. The van der Waals surface area contributed by atoms with Gasteiger partial charge >= 0.3 is 5.97 Å². The van der Waals surface area contributed by atoms with E-state index >= 15 is 0 Å². The van der Waals surface area contributed by atoms with Crippen LogP contribution in [0.25, 0.3) is 0 Å². The van der Waals surface area contributed by atoms with Gasteiger partial charge in [-0.05, 0) is 42.3 Å². The van der Waals surface area contributed by atoms with Crippen LogP contribution in [-0.4, -0.2) is 24.4 Å². The first kappa shape index (κ1) is 22.8. The number of carbonyl (C=O) groups is 3. The van der Waals surface area contributed by atoms with E-state index in [2.05, 4.69) is 0 Å². The Labute approximate surface area is 200 Å². The average molecular weight is 484 g/mol. The Bertz CT molecular complexity index is 1240. The molecular weight excluding hydrogens is 465 g/mol. The maximum Gasteiger partial charge on any atom is 0.310 e. The van der Waals surface area contributed by atoms with Gasteiger partial charge in [0.25, 0.3) is 11.8 Å². The third-order valence-corrected chi connectivity index (χ3v) is 5.71. The lowest BCUT2D eigenvalue weighted by atomic mass is 10.1. The molecule has 0 fully saturated rings.